The summed E-state index contributed by atoms with van der Waals surface area (Å²) >= 11 is 5.78. The lowest BCUT2D eigenvalue weighted by Gasteiger charge is -2.40. The summed E-state index contributed by atoms with van der Waals surface area (Å²) < 4.78 is 30.8. The van der Waals surface area contributed by atoms with Crippen LogP contribution in [0.5, 0.6) is 0 Å². The van der Waals surface area contributed by atoms with Gasteiger partial charge < -0.3 is 4.74 Å². The third-order valence-corrected chi connectivity index (χ3v) is 4.78. The van der Waals surface area contributed by atoms with E-state index >= 15 is 0 Å². The summed E-state index contributed by atoms with van der Waals surface area (Å²) in [5.74, 6) is 0.468. The molecule has 0 heterocycles. The van der Waals surface area contributed by atoms with Gasteiger partial charge in [-0.15, -0.1) is 11.6 Å². The van der Waals surface area contributed by atoms with E-state index < -0.39 is 10.0 Å². The highest BCUT2D eigenvalue weighted by Gasteiger charge is 2.39. The van der Waals surface area contributed by atoms with Crippen molar-refractivity contribution in [2.45, 2.75) is 31.2 Å². The Hall–Kier alpha value is 0.160. The van der Waals surface area contributed by atoms with Crippen molar-refractivity contribution in [2.24, 2.45) is 0 Å². The molecule has 0 saturated heterocycles. The number of hydrogen-bond acceptors (Lipinski definition) is 3. The van der Waals surface area contributed by atoms with Gasteiger partial charge in [0.1, 0.15) is 0 Å². The highest BCUT2D eigenvalue weighted by Crippen LogP contribution is 2.33. The zero-order valence-corrected chi connectivity index (χ0v) is 10.5. The largest absolute Gasteiger partial charge is 0.385 e. The molecule has 0 aliphatic heterocycles. The molecule has 1 aliphatic rings. The van der Waals surface area contributed by atoms with Crippen LogP contribution < -0.4 is 4.72 Å². The molecule has 1 rings (SSSR count). The maximum absolute atomic E-state index is 11.6. The first-order valence-corrected chi connectivity index (χ1v) is 7.29. The normalized spacial score (nSPS) is 19.9. The summed E-state index contributed by atoms with van der Waals surface area (Å²) in [6.45, 7) is 0.467. The number of nitrogens with one attached hydrogen (secondary N) is 1. The third kappa shape index (κ3) is 3.90. The molecule has 0 spiro atoms. The second-order valence-electron chi connectivity index (χ2n) is 4.03. The van der Waals surface area contributed by atoms with Crippen molar-refractivity contribution in [3.63, 3.8) is 0 Å². The molecule has 0 bridgehead atoms. The highest BCUT2D eigenvalue weighted by molar-refractivity contribution is 7.89. The smallest absolute Gasteiger partial charge is 0.212 e. The van der Waals surface area contributed by atoms with E-state index in [0.717, 1.165) is 19.3 Å². The topological polar surface area (TPSA) is 55.4 Å². The zero-order valence-electron chi connectivity index (χ0n) is 8.96. The van der Waals surface area contributed by atoms with Crippen LogP contribution in [0.1, 0.15) is 25.7 Å². The van der Waals surface area contributed by atoms with Crippen LogP contribution in [0.4, 0.5) is 0 Å². The molecule has 1 aliphatic carbocycles. The average molecular weight is 256 g/mol. The van der Waals surface area contributed by atoms with Gasteiger partial charge in [0.25, 0.3) is 0 Å². The van der Waals surface area contributed by atoms with Gasteiger partial charge in [-0.3, -0.25) is 0 Å². The minimum Gasteiger partial charge on any atom is -0.385 e. The van der Waals surface area contributed by atoms with Crippen LogP contribution in [0.3, 0.4) is 0 Å². The lowest BCUT2D eigenvalue weighted by Crippen LogP contribution is -2.55. The van der Waals surface area contributed by atoms with Gasteiger partial charge in [-0.25, -0.2) is 13.1 Å². The van der Waals surface area contributed by atoms with E-state index in [-0.39, 0.29) is 11.3 Å². The number of rotatable bonds is 7. The predicted octanol–water partition coefficient (Wildman–Crippen LogP) is 1.10. The van der Waals surface area contributed by atoms with Crippen LogP contribution in [-0.2, 0) is 14.8 Å². The van der Waals surface area contributed by atoms with Crippen LogP contribution in [0.2, 0.25) is 0 Å². The van der Waals surface area contributed by atoms with E-state index in [1.54, 1.807) is 7.11 Å². The third-order valence-electron chi connectivity index (χ3n) is 2.70. The fraction of sp³-hybridized carbons (Fsp3) is 1.00. The average Bonchev–Trinajstić information content (AvgIpc) is 2.12. The number of ether oxygens (including phenoxy) is 1. The summed E-state index contributed by atoms with van der Waals surface area (Å²) in [7, 11) is -1.64. The van der Waals surface area contributed by atoms with Gasteiger partial charge in [-0.05, 0) is 25.7 Å². The maximum Gasteiger partial charge on any atom is 0.212 e. The SMILES string of the molecule is COCCCS(=O)(=O)NC1(CCl)CCC1. The Kier molecular flexibility index (Phi) is 4.83. The van der Waals surface area contributed by atoms with Crippen LogP contribution in [0.25, 0.3) is 0 Å². The summed E-state index contributed by atoms with van der Waals surface area (Å²) in [6, 6.07) is 0. The highest BCUT2D eigenvalue weighted by atomic mass is 35.5. The second-order valence-corrected chi connectivity index (χ2v) is 6.14. The second kappa shape index (κ2) is 5.48. The molecule has 0 atom stereocenters. The Morgan fingerprint density at radius 2 is 2.13 bits per heavy atom. The Bertz CT molecular complexity index is 282. The van der Waals surface area contributed by atoms with Crippen molar-refractivity contribution in [1.82, 2.24) is 4.72 Å². The number of halogens is 1. The van der Waals surface area contributed by atoms with E-state index in [9.17, 15) is 8.42 Å². The van der Waals surface area contributed by atoms with E-state index in [0.29, 0.717) is 18.9 Å². The van der Waals surface area contributed by atoms with Crippen molar-refractivity contribution < 1.29 is 13.2 Å². The molecule has 0 radical (unpaired) electrons. The van der Waals surface area contributed by atoms with Crippen LogP contribution >= 0.6 is 11.6 Å². The molecule has 4 nitrogen and oxygen atoms in total. The van der Waals surface area contributed by atoms with Crippen molar-refractivity contribution >= 4 is 21.6 Å². The van der Waals surface area contributed by atoms with Crippen LogP contribution in [0.15, 0.2) is 0 Å². The van der Waals surface area contributed by atoms with E-state index in [2.05, 4.69) is 4.72 Å². The molecule has 1 fully saturated rings. The maximum atomic E-state index is 11.6. The molecule has 0 aromatic carbocycles. The number of sulfonamides is 1. The molecule has 6 heteroatoms. The Balaban J connectivity index is 2.41. The molecule has 0 aromatic heterocycles. The van der Waals surface area contributed by atoms with Gasteiger partial charge in [-0.2, -0.15) is 0 Å². The summed E-state index contributed by atoms with van der Waals surface area (Å²) in [5, 5.41) is 0. The van der Waals surface area contributed by atoms with Gasteiger partial charge >= 0.3 is 0 Å². The lowest BCUT2D eigenvalue weighted by molar-refractivity contribution is 0.199. The van der Waals surface area contributed by atoms with Crippen LogP contribution in [-0.4, -0.2) is 39.3 Å². The van der Waals surface area contributed by atoms with Gasteiger partial charge in [0.2, 0.25) is 10.0 Å². The predicted molar refractivity (Wildman–Crippen MR) is 60.7 cm³/mol. The van der Waals surface area contributed by atoms with Crippen LogP contribution in [0, 0.1) is 0 Å². The first-order chi connectivity index (χ1) is 7.04. The quantitative estimate of drug-likeness (QED) is 0.548. The van der Waals surface area contributed by atoms with E-state index in [1.165, 1.54) is 0 Å². The van der Waals surface area contributed by atoms with E-state index in [1.807, 2.05) is 0 Å². The Labute approximate surface area is 96.4 Å². The molecular weight excluding hydrogens is 238 g/mol. The van der Waals surface area contributed by atoms with Gasteiger partial charge in [0.15, 0.2) is 0 Å². The lowest BCUT2D eigenvalue weighted by atomic mass is 9.79. The molecule has 15 heavy (non-hydrogen) atoms. The fourth-order valence-corrected chi connectivity index (χ4v) is 3.59. The first-order valence-electron chi connectivity index (χ1n) is 5.10. The van der Waals surface area contributed by atoms with E-state index in [4.69, 9.17) is 16.3 Å². The first kappa shape index (κ1) is 13.2. The number of alkyl halides is 1. The van der Waals surface area contributed by atoms with Crippen molar-refractivity contribution in [1.29, 1.82) is 0 Å². The van der Waals surface area contributed by atoms with Crippen molar-refractivity contribution in [2.75, 3.05) is 25.3 Å². The summed E-state index contributed by atoms with van der Waals surface area (Å²) in [4.78, 5) is 0. The Morgan fingerprint density at radius 3 is 2.53 bits per heavy atom. The van der Waals surface area contributed by atoms with Gasteiger partial charge in [0, 0.05) is 25.1 Å². The summed E-state index contributed by atoms with van der Waals surface area (Å²) in [6.07, 6.45) is 3.26. The molecule has 0 amide bonds. The minimum absolute atomic E-state index is 0.111. The monoisotopic (exact) mass is 255 g/mol. The van der Waals surface area contributed by atoms with Crippen molar-refractivity contribution in [3.8, 4) is 0 Å². The fourth-order valence-electron chi connectivity index (χ4n) is 1.64. The molecule has 1 N–H and O–H groups in total. The van der Waals surface area contributed by atoms with Crippen molar-refractivity contribution in [3.05, 3.63) is 0 Å². The number of hydrogen-bond donors (Lipinski definition) is 1. The summed E-state index contributed by atoms with van der Waals surface area (Å²) in [5.41, 5.74) is -0.368. The van der Waals surface area contributed by atoms with Gasteiger partial charge in [-0.1, -0.05) is 0 Å². The molecular formula is C9H18ClNO3S. The molecule has 0 aromatic rings. The number of methoxy groups -OCH3 is 1. The Morgan fingerprint density at radius 1 is 1.47 bits per heavy atom. The molecule has 0 unspecified atom stereocenters. The molecule has 1 saturated carbocycles. The zero-order chi connectivity index (χ0) is 11.4. The van der Waals surface area contributed by atoms with Gasteiger partial charge in [0.05, 0.1) is 5.75 Å². The standard InChI is InChI=1S/C9H18ClNO3S/c1-14-6-3-7-15(12,13)11-9(8-10)4-2-5-9/h11H,2-8H2,1H3. The molecule has 90 valence electrons. The minimum atomic E-state index is -3.20.